The summed E-state index contributed by atoms with van der Waals surface area (Å²) in [6.45, 7) is 3.69. The van der Waals surface area contributed by atoms with Crippen LogP contribution in [0.1, 0.15) is 12.5 Å². The van der Waals surface area contributed by atoms with E-state index >= 15 is 0 Å². The van der Waals surface area contributed by atoms with Crippen LogP contribution in [0.2, 0.25) is 5.02 Å². The Labute approximate surface area is 96.8 Å². The van der Waals surface area contributed by atoms with E-state index < -0.39 is 0 Å². The van der Waals surface area contributed by atoms with Crippen LogP contribution in [0.5, 0.6) is 0 Å². The molecule has 0 radical (unpaired) electrons. The summed E-state index contributed by atoms with van der Waals surface area (Å²) >= 11 is 9.10. The van der Waals surface area contributed by atoms with Crippen LogP contribution in [0.15, 0.2) is 18.2 Å². The number of anilines is 1. The van der Waals surface area contributed by atoms with Gasteiger partial charge in [0.25, 0.3) is 0 Å². The van der Waals surface area contributed by atoms with Gasteiger partial charge in [-0.1, -0.05) is 33.6 Å². The molecule has 1 rings (SSSR count). The second-order valence-electron chi connectivity index (χ2n) is 3.07. The van der Waals surface area contributed by atoms with E-state index in [1.165, 1.54) is 0 Å². The van der Waals surface area contributed by atoms with E-state index in [1.807, 2.05) is 19.1 Å². The summed E-state index contributed by atoms with van der Waals surface area (Å²) in [6, 6.07) is 5.44. The Bertz CT molecular complexity index is 352. The molecule has 2 nitrogen and oxygen atoms in total. The van der Waals surface area contributed by atoms with Crippen LogP contribution in [-0.2, 0) is 4.79 Å². The lowest BCUT2D eigenvalue weighted by Gasteiger charge is -2.07. The summed E-state index contributed by atoms with van der Waals surface area (Å²) in [5.74, 6) is -0.0788. The van der Waals surface area contributed by atoms with Crippen molar-refractivity contribution in [3.05, 3.63) is 28.8 Å². The maximum Gasteiger partial charge on any atom is 0.237 e. The van der Waals surface area contributed by atoms with E-state index in [4.69, 9.17) is 11.6 Å². The SMILES string of the molecule is Cc1ccc(NC(=O)[C@@H](C)Br)cc1Cl. The van der Waals surface area contributed by atoms with Gasteiger partial charge in [-0.25, -0.2) is 0 Å². The average molecular weight is 277 g/mol. The molecule has 14 heavy (non-hydrogen) atoms. The summed E-state index contributed by atoms with van der Waals surface area (Å²) in [5, 5.41) is 3.40. The van der Waals surface area contributed by atoms with Gasteiger partial charge in [-0.3, -0.25) is 4.79 Å². The van der Waals surface area contributed by atoms with Gasteiger partial charge < -0.3 is 5.32 Å². The smallest absolute Gasteiger partial charge is 0.237 e. The number of carbonyl (C=O) groups excluding carboxylic acids is 1. The highest BCUT2D eigenvalue weighted by molar-refractivity contribution is 9.10. The molecule has 0 heterocycles. The lowest BCUT2D eigenvalue weighted by Crippen LogP contribution is -2.19. The predicted octanol–water partition coefficient (Wildman–Crippen LogP) is 3.37. The van der Waals surface area contributed by atoms with Crippen LogP contribution in [0.4, 0.5) is 5.69 Å². The Morgan fingerprint density at radius 3 is 2.71 bits per heavy atom. The molecular weight excluding hydrogens is 265 g/mol. The zero-order chi connectivity index (χ0) is 10.7. The van der Waals surface area contributed by atoms with Gasteiger partial charge in [-0.2, -0.15) is 0 Å². The van der Waals surface area contributed by atoms with Crippen molar-refractivity contribution in [1.82, 2.24) is 0 Å². The molecule has 0 saturated heterocycles. The first-order valence-corrected chi connectivity index (χ1v) is 5.51. The molecule has 0 spiro atoms. The predicted molar refractivity (Wildman–Crippen MR) is 63.2 cm³/mol. The summed E-state index contributed by atoms with van der Waals surface area (Å²) in [6.07, 6.45) is 0. The fourth-order valence-electron chi connectivity index (χ4n) is 0.912. The molecule has 0 bridgehead atoms. The Hall–Kier alpha value is -0.540. The summed E-state index contributed by atoms with van der Waals surface area (Å²) in [4.78, 5) is 11.1. The van der Waals surface area contributed by atoms with Gasteiger partial charge in [-0.05, 0) is 31.5 Å². The number of alkyl halides is 1. The van der Waals surface area contributed by atoms with E-state index in [1.54, 1.807) is 13.0 Å². The molecule has 1 aromatic carbocycles. The number of nitrogens with one attached hydrogen (secondary N) is 1. The number of halogens is 2. The average Bonchev–Trinajstić information content (AvgIpc) is 2.11. The minimum Gasteiger partial charge on any atom is -0.325 e. The second kappa shape index (κ2) is 4.80. The molecule has 0 unspecified atom stereocenters. The molecule has 1 atom stereocenters. The van der Waals surface area contributed by atoms with E-state index in [0.29, 0.717) is 5.02 Å². The van der Waals surface area contributed by atoms with Crippen molar-refractivity contribution in [2.75, 3.05) is 5.32 Å². The third-order valence-corrected chi connectivity index (χ3v) is 2.62. The Kier molecular flexibility index (Phi) is 3.96. The fraction of sp³-hybridized carbons (Fsp3) is 0.300. The van der Waals surface area contributed by atoms with Crippen molar-refractivity contribution in [2.45, 2.75) is 18.7 Å². The van der Waals surface area contributed by atoms with Gasteiger partial charge in [0.2, 0.25) is 5.91 Å². The first-order valence-electron chi connectivity index (χ1n) is 4.22. The van der Waals surface area contributed by atoms with Crippen LogP contribution in [0.25, 0.3) is 0 Å². The topological polar surface area (TPSA) is 29.1 Å². The molecule has 0 saturated carbocycles. The second-order valence-corrected chi connectivity index (χ2v) is 4.85. The molecule has 4 heteroatoms. The number of hydrogen-bond acceptors (Lipinski definition) is 1. The molecule has 1 amide bonds. The number of hydrogen-bond donors (Lipinski definition) is 1. The lowest BCUT2D eigenvalue weighted by molar-refractivity contribution is -0.115. The van der Waals surface area contributed by atoms with Gasteiger partial charge in [-0.15, -0.1) is 0 Å². The van der Waals surface area contributed by atoms with Gasteiger partial charge in [0.15, 0.2) is 0 Å². The fourth-order valence-corrected chi connectivity index (χ4v) is 1.21. The van der Waals surface area contributed by atoms with Gasteiger partial charge >= 0.3 is 0 Å². The third kappa shape index (κ3) is 3.00. The Morgan fingerprint density at radius 1 is 1.57 bits per heavy atom. The van der Waals surface area contributed by atoms with Gasteiger partial charge in [0.1, 0.15) is 0 Å². The number of aryl methyl sites for hydroxylation is 1. The largest absolute Gasteiger partial charge is 0.325 e. The highest BCUT2D eigenvalue weighted by Crippen LogP contribution is 2.20. The van der Waals surface area contributed by atoms with Crippen LogP contribution >= 0.6 is 27.5 Å². The minimum absolute atomic E-state index is 0.0788. The van der Waals surface area contributed by atoms with Gasteiger partial charge in [0, 0.05) is 10.7 Å². The van der Waals surface area contributed by atoms with Gasteiger partial charge in [0.05, 0.1) is 4.83 Å². The van der Waals surface area contributed by atoms with Crippen LogP contribution in [0, 0.1) is 6.92 Å². The summed E-state index contributed by atoms with van der Waals surface area (Å²) < 4.78 is 0. The third-order valence-electron chi connectivity index (χ3n) is 1.80. The summed E-state index contributed by atoms with van der Waals surface area (Å²) in [5.41, 5.74) is 1.72. The molecule has 76 valence electrons. The van der Waals surface area contributed by atoms with Crippen molar-refractivity contribution in [3.63, 3.8) is 0 Å². The highest BCUT2D eigenvalue weighted by atomic mass is 79.9. The van der Waals surface area contributed by atoms with Crippen LogP contribution in [0.3, 0.4) is 0 Å². The molecule has 1 N–H and O–H groups in total. The van der Waals surface area contributed by atoms with Crippen molar-refractivity contribution in [1.29, 1.82) is 0 Å². The maximum atomic E-state index is 11.3. The zero-order valence-corrected chi connectivity index (χ0v) is 10.3. The maximum absolute atomic E-state index is 11.3. The monoisotopic (exact) mass is 275 g/mol. The first kappa shape index (κ1) is 11.5. The molecule has 0 aliphatic heterocycles. The number of carbonyl (C=O) groups is 1. The van der Waals surface area contributed by atoms with E-state index in [9.17, 15) is 4.79 Å². The van der Waals surface area contributed by atoms with E-state index in [0.717, 1.165) is 11.3 Å². The molecule has 0 aliphatic rings. The number of amides is 1. The zero-order valence-electron chi connectivity index (χ0n) is 7.97. The van der Waals surface area contributed by atoms with Crippen LogP contribution < -0.4 is 5.32 Å². The molecule has 1 aromatic rings. The highest BCUT2D eigenvalue weighted by Gasteiger charge is 2.08. The van der Waals surface area contributed by atoms with Crippen molar-refractivity contribution < 1.29 is 4.79 Å². The van der Waals surface area contributed by atoms with Crippen molar-refractivity contribution in [3.8, 4) is 0 Å². The standard InChI is InChI=1S/C10H11BrClNO/c1-6-3-4-8(5-9(6)12)13-10(14)7(2)11/h3-5,7H,1-2H3,(H,13,14)/t7-/m1/s1. The van der Waals surface area contributed by atoms with E-state index in [2.05, 4.69) is 21.2 Å². The van der Waals surface area contributed by atoms with Crippen LogP contribution in [-0.4, -0.2) is 10.7 Å². The number of benzene rings is 1. The quantitative estimate of drug-likeness (QED) is 0.825. The Morgan fingerprint density at radius 2 is 2.21 bits per heavy atom. The first-order chi connectivity index (χ1) is 6.50. The molecular formula is C10H11BrClNO. The Balaban J connectivity index is 2.78. The summed E-state index contributed by atoms with van der Waals surface area (Å²) in [7, 11) is 0. The molecule has 0 aromatic heterocycles. The van der Waals surface area contributed by atoms with E-state index in [-0.39, 0.29) is 10.7 Å². The van der Waals surface area contributed by atoms with Crippen molar-refractivity contribution in [2.24, 2.45) is 0 Å². The molecule has 0 aliphatic carbocycles. The minimum atomic E-state index is -0.206. The molecule has 0 fully saturated rings. The number of rotatable bonds is 2. The lowest BCUT2D eigenvalue weighted by atomic mass is 10.2. The normalized spacial score (nSPS) is 12.3. The van der Waals surface area contributed by atoms with Crippen molar-refractivity contribution >= 4 is 39.1 Å².